The molecule has 0 aliphatic rings. The quantitative estimate of drug-likeness (QED) is 0.201. The first-order valence-electron chi connectivity index (χ1n) is 8.25. The molecule has 0 aromatic carbocycles. The van der Waals surface area contributed by atoms with Gasteiger partial charge in [-0.3, -0.25) is 4.79 Å². The Morgan fingerprint density at radius 3 is 1.95 bits per heavy atom. The average Bonchev–Trinajstić information content (AvgIpc) is 2.43. The van der Waals surface area contributed by atoms with E-state index >= 15 is 0 Å². The maximum absolute atomic E-state index is 10.5. The summed E-state index contributed by atoms with van der Waals surface area (Å²) in [5.41, 5.74) is 0. The molecule has 0 radical (unpaired) electrons. The number of carbonyl (C=O) groups excluding carboxylic acids is 1. The number of unbranched alkanes of at least 4 members (excludes halogenated alkanes) is 8. The van der Waals surface area contributed by atoms with Crippen LogP contribution >= 0.6 is 11.6 Å². The smallest absolute Gasteiger partial charge is 0.221 e. The zero-order valence-electron chi connectivity index (χ0n) is 13.1. The Hall–Kier alpha value is -0.560. The van der Waals surface area contributed by atoms with Crippen molar-refractivity contribution in [2.45, 2.75) is 84.0 Å². The highest BCUT2D eigenvalue weighted by Gasteiger charge is 1.95. The normalized spacial score (nSPS) is 11.7. The Labute approximate surface area is 130 Å². The minimum Gasteiger partial charge on any atom is -0.281 e. The van der Waals surface area contributed by atoms with E-state index in [1.165, 1.54) is 51.4 Å². The van der Waals surface area contributed by atoms with Gasteiger partial charge in [-0.25, -0.2) is 0 Å². The topological polar surface area (TPSA) is 17.1 Å². The van der Waals surface area contributed by atoms with Crippen molar-refractivity contribution in [2.24, 2.45) is 0 Å². The largest absolute Gasteiger partial charge is 0.281 e. The predicted molar refractivity (Wildman–Crippen MR) is 90.2 cm³/mol. The van der Waals surface area contributed by atoms with Crippen LogP contribution in [-0.4, -0.2) is 5.24 Å². The number of halogens is 1. The summed E-state index contributed by atoms with van der Waals surface area (Å²) < 4.78 is 0. The van der Waals surface area contributed by atoms with Gasteiger partial charge in [0.15, 0.2) is 0 Å². The van der Waals surface area contributed by atoms with E-state index in [4.69, 9.17) is 11.6 Å². The molecule has 0 heterocycles. The molecule has 116 valence electrons. The third-order valence-corrected chi connectivity index (χ3v) is 3.51. The Kier molecular flexibility index (Phi) is 16.0. The molecule has 0 saturated heterocycles. The number of hydrogen-bond donors (Lipinski definition) is 0. The van der Waals surface area contributed by atoms with Crippen LogP contribution in [0.25, 0.3) is 0 Å². The lowest BCUT2D eigenvalue weighted by Crippen LogP contribution is -1.86. The lowest BCUT2D eigenvalue weighted by atomic mass is 10.1. The molecule has 0 aromatic rings. The molecule has 0 aliphatic heterocycles. The van der Waals surface area contributed by atoms with Crippen molar-refractivity contribution in [3.8, 4) is 0 Å². The summed E-state index contributed by atoms with van der Waals surface area (Å²) in [5, 5.41) is -0.198. The molecule has 0 saturated carbocycles. The highest BCUT2D eigenvalue weighted by Crippen LogP contribution is 2.08. The molecule has 1 nitrogen and oxygen atoms in total. The first-order chi connectivity index (χ1) is 9.77. The van der Waals surface area contributed by atoms with E-state index < -0.39 is 0 Å². The maximum Gasteiger partial charge on any atom is 0.221 e. The third-order valence-electron chi connectivity index (χ3n) is 3.32. The summed E-state index contributed by atoms with van der Waals surface area (Å²) in [5.74, 6) is 0. The van der Waals surface area contributed by atoms with Crippen LogP contribution in [0.2, 0.25) is 0 Å². The van der Waals surface area contributed by atoms with Crippen LogP contribution in [0.3, 0.4) is 0 Å². The molecule has 0 unspecified atom stereocenters. The van der Waals surface area contributed by atoms with E-state index in [0.29, 0.717) is 6.42 Å². The van der Waals surface area contributed by atoms with E-state index in [0.717, 1.165) is 19.3 Å². The summed E-state index contributed by atoms with van der Waals surface area (Å²) in [6, 6.07) is 0. The van der Waals surface area contributed by atoms with E-state index in [1.54, 1.807) is 0 Å². The zero-order chi connectivity index (χ0) is 14.9. The summed E-state index contributed by atoms with van der Waals surface area (Å²) in [6.45, 7) is 2.24. The Morgan fingerprint density at radius 2 is 1.35 bits per heavy atom. The number of carbonyl (C=O) groups is 1. The summed E-state index contributed by atoms with van der Waals surface area (Å²) in [4.78, 5) is 10.5. The van der Waals surface area contributed by atoms with Gasteiger partial charge in [0.05, 0.1) is 0 Å². The van der Waals surface area contributed by atoms with Crippen LogP contribution in [0, 0.1) is 0 Å². The van der Waals surface area contributed by atoms with Crippen LogP contribution in [0.1, 0.15) is 84.0 Å². The molecule has 0 bridgehead atoms. The second kappa shape index (κ2) is 16.5. The lowest BCUT2D eigenvalue weighted by Gasteiger charge is -1.98. The first-order valence-corrected chi connectivity index (χ1v) is 8.63. The molecule has 0 atom stereocenters. The van der Waals surface area contributed by atoms with Gasteiger partial charge in [-0.1, -0.05) is 63.3 Å². The molecule has 0 rings (SSSR count). The summed E-state index contributed by atoms with van der Waals surface area (Å²) in [7, 11) is 0. The molecular weight excluding hydrogens is 268 g/mol. The van der Waals surface area contributed by atoms with Crippen molar-refractivity contribution < 1.29 is 4.79 Å². The highest BCUT2D eigenvalue weighted by molar-refractivity contribution is 6.63. The van der Waals surface area contributed by atoms with Gasteiger partial charge in [0.25, 0.3) is 0 Å². The van der Waals surface area contributed by atoms with Crippen LogP contribution in [-0.2, 0) is 4.79 Å². The Balaban J connectivity index is 3.17. The Morgan fingerprint density at radius 1 is 0.800 bits per heavy atom. The van der Waals surface area contributed by atoms with Gasteiger partial charge in [-0.2, -0.15) is 0 Å². The van der Waals surface area contributed by atoms with Crippen molar-refractivity contribution in [1.29, 1.82) is 0 Å². The fourth-order valence-corrected chi connectivity index (χ4v) is 2.21. The van der Waals surface area contributed by atoms with Crippen molar-refractivity contribution in [2.75, 3.05) is 0 Å². The van der Waals surface area contributed by atoms with Gasteiger partial charge >= 0.3 is 0 Å². The minimum atomic E-state index is -0.198. The Bertz CT molecular complexity index is 269. The van der Waals surface area contributed by atoms with E-state index in [1.807, 2.05) is 0 Å². The fraction of sp³-hybridized carbons (Fsp3) is 0.722. The van der Waals surface area contributed by atoms with Gasteiger partial charge in [-0.05, 0) is 50.1 Å². The second-order valence-corrected chi connectivity index (χ2v) is 5.76. The van der Waals surface area contributed by atoms with E-state index in [9.17, 15) is 4.79 Å². The number of hydrogen-bond acceptors (Lipinski definition) is 1. The second-order valence-electron chi connectivity index (χ2n) is 5.34. The summed E-state index contributed by atoms with van der Waals surface area (Å²) in [6.07, 6.45) is 22.9. The molecule has 0 fully saturated rings. The summed E-state index contributed by atoms with van der Waals surface area (Å²) >= 11 is 5.28. The van der Waals surface area contributed by atoms with Crippen molar-refractivity contribution in [3.05, 3.63) is 24.3 Å². The first kappa shape index (κ1) is 19.4. The van der Waals surface area contributed by atoms with Crippen molar-refractivity contribution in [1.82, 2.24) is 0 Å². The van der Waals surface area contributed by atoms with Crippen LogP contribution in [0.4, 0.5) is 0 Å². The third kappa shape index (κ3) is 17.4. The maximum atomic E-state index is 10.5. The fourth-order valence-electron chi connectivity index (χ4n) is 2.08. The van der Waals surface area contributed by atoms with Gasteiger partial charge in [0, 0.05) is 6.42 Å². The molecular formula is C18H31ClO. The van der Waals surface area contributed by atoms with Gasteiger partial charge < -0.3 is 0 Å². The lowest BCUT2D eigenvalue weighted by molar-refractivity contribution is -0.111. The molecule has 0 spiro atoms. The van der Waals surface area contributed by atoms with Gasteiger partial charge in [-0.15, -0.1) is 0 Å². The van der Waals surface area contributed by atoms with Crippen molar-refractivity contribution >= 4 is 16.8 Å². The minimum absolute atomic E-state index is 0.198. The molecule has 20 heavy (non-hydrogen) atoms. The predicted octanol–water partition coefficient (Wildman–Crippen LogP) is 6.57. The monoisotopic (exact) mass is 298 g/mol. The van der Waals surface area contributed by atoms with E-state index in [-0.39, 0.29) is 5.24 Å². The molecule has 0 aliphatic carbocycles. The molecule has 0 N–H and O–H groups in total. The molecule has 0 amide bonds. The van der Waals surface area contributed by atoms with Crippen LogP contribution in [0.15, 0.2) is 24.3 Å². The van der Waals surface area contributed by atoms with Crippen LogP contribution < -0.4 is 0 Å². The SMILES string of the molecule is CCCCC/C=C/C/C=C\CCCCCCCC(=O)Cl. The van der Waals surface area contributed by atoms with Gasteiger partial charge in [0.1, 0.15) is 0 Å². The highest BCUT2D eigenvalue weighted by atomic mass is 35.5. The number of rotatable bonds is 14. The standard InChI is InChI=1S/C18H31ClO/c1-2-3-4-5-6-7-8-9-10-11-12-13-14-15-16-17-18(19)20/h6-7,9-10H,2-5,8,11-17H2,1H3/b7-6+,10-9-. The van der Waals surface area contributed by atoms with E-state index in [2.05, 4.69) is 31.2 Å². The van der Waals surface area contributed by atoms with Gasteiger partial charge in [0.2, 0.25) is 5.24 Å². The molecule has 2 heteroatoms. The number of allylic oxidation sites excluding steroid dienone is 4. The average molecular weight is 299 g/mol. The van der Waals surface area contributed by atoms with Crippen LogP contribution in [0.5, 0.6) is 0 Å². The molecule has 0 aromatic heterocycles. The van der Waals surface area contributed by atoms with Crippen molar-refractivity contribution in [3.63, 3.8) is 0 Å². The zero-order valence-corrected chi connectivity index (χ0v) is 13.8.